The monoisotopic (exact) mass is 333 g/mol. The van der Waals surface area contributed by atoms with Gasteiger partial charge in [-0.15, -0.1) is 0 Å². The zero-order valence-corrected chi connectivity index (χ0v) is 13.2. The number of ether oxygens (including phenoxy) is 1. The number of nitrogens with one attached hydrogen (secondary N) is 1. The first-order valence-corrected chi connectivity index (χ1v) is 7.58. The summed E-state index contributed by atoms with van der Waals surface area (Å²) in [6.45, 7) is 0. The Bertz CT molecular complexity index is 860. The van der Waals surface area contributed by atoms with E-state index in [0.29, 0.717) is 16.7 Å². The first kappa shape index (κ1) is 14.6. The molecule has 5 nitrogen and oxygen atoms in total. The highest BCUT2D eigenvalue weighted by Crippen LogP contribution is 2.23. The predicted octanol–water partition coefficient (Wildman–Crippen LogP) is 3.70. The minimum atomic E-state index is -0.187. The van der Waals surface area contributed by atoms with Gasteiger partial charge in [0.05, 0.1) is 12.8 Å². The highest BCUT2D eigenvalue weighted by Gasteiger charge is 2.11. The largest absolute Gasteiger partial charge is 0.497 e. The van der Waals surface area contributed by atoms with Crippen molar-refractivity contribution in [3.63, 3.8) is 0 Å². The number of benzene rings is 2. The molecule has 0 aliphatic heterocycles. The van der Waals surface area contributed by atoms with Gasteiger partial charge in [0.2, 0.25) is 5.95 Å². The number of hydrogen-bond acceptors (Lipinski definition) is 5. The average molecular weight is 334 g/mol. The Labute approximate surface area is 135 Å². The summed E-state index contributed by atoms with van der Waals surface area (Å²) in [7, 11) is 1.60. The molecule has 0 aliphatic carbocycles. The number of nitrogens with zero attached hydrogens (tertiary/aromatic N) is 2. The Morgan fingerprint density at radius 3 is 2.82 bits per heavy atom. The summed E-state index contributed by atoms with van der Waals surface area (Å²) in [5.41, 5.74) is 1.44. The van der Waals surface area contributed by atoms with Gasteiger partial charge in [-0.2, -0.15) is 4.37 Å². The van der Waals surface area contributed by atoms with Crippen LogP contribution in [0.3, 0.4) is 0 Å². The fourth-order valence-electron chi connectivity index (χ4n) is 2.00. The normalized spacial score (nSPS) is 10.5. The molecule has 0 amide bonds. The second-order valence-corrected chi connectivity index (χ2v) is 5.60. The molecule has 0 saturated heterocycles. The van der Waals surface area contributed by atoms with Gasteiger partial charge in [0, 0.05) is 28.3 Å². The molecule has 112 valence electrons. The molecule has 1 aromatic heterocycles. The van der Waals surface area contributed by atoms with Gasteiger partial charge in [-0.1, -0.05) is 23.7 Å². The van der Waals surface area contributed by atoms with Crippen LogP contribution in [0, 0.1) is 0 Å². The van der Waals surface area contributed by atoms with Crippen molar-refractivity contribution >= 4 is 34.8 Å². The molecule has 0 bridgehead atoms. The molecule has 0 aliphatic rings. The lowest BCUT2D eigenvalue weighted by molar-refractivity contribution is 0.415. The van der Waals surface area contributed by atoms with E-state index in [1.807, 2.05) is 24.3 Å². The molecule has 0 spiro atoms. The SMILES string of the molecule is COc1cccc(Nc2nsc(=O)n2-c2cccc(Cl)c2)c1. The van der Waals surface area contributed by atoms with Gasteiger partial charge in [-0.25, -0.2) is 4.57 Å². The van der Waals surface area contributed by atoms with E-state index in [9.17, 15) is 4.79 Å². The Morgan fingerprint density at radius 2 is 2.05 bits per heavy atom. The number of aromatic nitrogens is 2. The van der Waals surface area contributed by atoms with Crippen molar-refractivity contribution in [3.05, 3.63) is 63.2 Å². The van der Waals surface area contributed by atoms with E-state index in [1.54, 1.807) is 31.4 Å². The molecule has 0 fully saturated rings. The molecule has 0 unspecified atom stereocenters. The molecule has 3 rings (SSSR count). The zero-order chi connectivity index (χ0) is 15.5. The lowest BCUT2D eigenvalue weighted by Crippen LogP contribution is -2.13. The molecule has 2 aromatic carbocycles. The van der Waals surface area contributed by atoms with E-state index in [1.165, 1.54) is 4.57 Å². The van der Waals surface area contributed by atoms with Crippen LogP contribution in [0.1, 0.15) is 0 Å². The van der Waals surface area contributed by atoms with Crippen LogP contribution in [0.5, 0.6) is 5.75 Å². The highest BCUT2D eigenvalue weighted by atomic mass is 35.5. The molecule has 1 heterocycles. The summed E-state index contributed by atoms with van der Waals surface area (Å²) in [5.74, 6) is 1.16. The van der Waals surface area contributed by atoms with E-state index in [0.717, 1.165) is 23.0 Å². The second-order valence-electron chi connectivity index (χ2n) is 4.44. The van der Waals surface area contributed by atoms with Crippen molar-refractivity contribution in [2.24, 2.45) is 0 Å². The Balaban J connectivity index is 2.00. The van der Waals surface area contributed by atoms with Crippen molar-refractivity contribution < 1.29 is 4.74 Å². The summed E-state index contributed by atoms with van der Waals surface area (Å²) >= 11 is 6.88. The van der Waals surface area contributed by atoms with E-state index >= 15 is 0 Å². The van der Waals surface area contributed by atoms with Crippen LogP contribution in [0.15, 0.2) is 53.3 Å². The molecule has 7 heteroatoms. The summed E-state index contributed by atoms with van der Waals surface area (Å²) in [6.07, 6.45) is 0. The van der Waals surface area contributed by atoms with E-state index in [-0.39, 0.29) is 4.87 Å². The zero-order valence-electron chi connectivity index (χ0n) is 11.6. The molecule has 22 heavy (non-hydrogen) atoms. The van der Waals surface area contributed by atoms with Crippen molar-refractivity contribution in [1.82, 2.24) is 8.94 Å². The number of hydrogen-bond donors (Lipinski definition) is 1. The molecule has 1 N–H and O–H groups in total. The number of methoxy groups -OCH3 is 1. The first-order chi connectivity index (χ1) is 10.7. The van der Waals surface area contributed by atoms with Gasteiger partial charge >= 0.3 is 4.87 Å². The Kier molecular flexibility index (Phi) is 4.13. The maximum absolute atomic E-state index is 12.1. The maximum atomic E-state index is 12.1. The standard InChI is InChI=1S/C15H12ClN3O2S/c1-21-13-7-3-5-11(9-13)17-14-18-22-15(20)19(14)12-6-2-4-10(16)8-12/h2-9H,1H3,(H,17,18). The van der Waals surface area contributed by atoms with Crippen molar-refractivity contribution in [2.75, 3.05) is 12.4 Å². The van der Waals surface area contributed by atoms with Crippen LogP contribution in [0.2, 0.25) is 5.02 Å². The molecule has 3 aromatic rings. The minimum absolute atomic E-state index is 0.187. The van der Waals surface area contributed by atoms with Crippen LogP contribution in [0.25, 0.3) is 5.69 Å². The second kappa shape index (κ2) is 6.21. The summed E-state index contributed by atoms with van der Waals surface area (Å²) < 4.78 is 10.8. The van der Waals surface area contributed by atoms with Gasteiger partial charge in [0.25, 0.3) is 0 Å². The van der Waals surface area contributed by atoms with Crippen molar-refractivity contribution in [3.8, 4) is 11.4 Å². The third-order valence-electron chi connectivity index (χ3n) is 3.00. The average Bonchev–Trinajstić information content (AvgIpc) is 2.88. The van der Waals surface area contributed by atoms with Crippen LogP contribution in [0.4, 0.5) is 11.6 Å². The molecule has 0 radical (unpaired) electrons. The third kappa shape index (κ3) is 2.98. The number of anilines is 2. The molecule has 0 saturated carbocycles. The van der Waals surface area contributed by atoms with Gasteiger partial charge in [-0.3, -0.25) is 4.79 Å². The third-order valence-corrected chi connectivity index (χ3v) is 3.83. The Hall–Kier alpha value is -2.31. The lowest BCUT2D eigenvalue weighted by atomic mass is 10.3. The lowest BCUT2D eigenvalue weighted by Gasteiger charge is -2.09. The van der Waals surface area contributed by atoms with E-state index < -0.39 is 0 Å². The van der Waals surface area contributed by atoms with Crippen LogP contribution in [-0.2, 0) is 0 Å². The van der Waals surface area contributed by atoms with Crippen molar-refractivity contribution in [2.45, 2.75) is 0 Å². The van der Waals surface area contributed by atoms with E-state index in [2.05, 4.69) is 9.69 Å². The molecular weight excluding hydrogens is 322 g/mol. The molecular formula is C15H12ClN3O2S. The smallest absolute Gasteiger partial charge is 0.332 e. The highest BCUT2D eigenvalue weighted by molar-refractivity contribution is 7.03. The van der Waals surface area contributed by atoms with Gasteiger partial charge in [0.1, 0.15) is 5.75 Å². The van der Waals surface area contributed by atoms with Gasteiger partial charge < -0.3 is 10.1 Å². The van der Waals surface area contributed by atoms with Crippen LogP contribution in [-0.4, -0.2) is 16.1 Å². The fraction of sp³-hybridized carbons (Fsp3) is 0.0667. The summed E-state index contributed by atoms with van der Waals surface area (Å²) in [6, 6.07) is 14.5. The topological polar surface area (TPSA) is 56.1 Å². The van der Waals surface area contributed by atoms with Gasteiger partial charge in [0.15, 0.2) is 0 Å². The number of halogens is 1. The first-order valence-electron chi connectivity index (χ1n) is 6.43. The summed E-state index contributed by atoms with van der Waals surface area (Å²) in [5, 5.41) is 3.68. The predicted molar refractivity (Wildman–Crippen MR) is 89.0 cm³/mol. The van der Waals surface area contributed by atoms with Crippen LogP contribution < -0.4 is 14.9 Å². The molecule has 0 atom stereocenters. The number of rotatable bonds is 4. The fourth-order valence-corrected chi connectivity index (χ4v) is 2.75. The van der Waals surface area contributed by atoms with Crippen molar-refractivity contribution in [1.29, 1.82) is 0 Å². The minimum Gasteiger partial charge on any atom is -0.497 e. The quantitative estimate of drug-likeness (QED) is 0.791. The summed E-state index contributed by atoms with van der Waals surface area (Å²) in [4.78, 5) is 11.9. The van der Waals surface area contributed by atoms with Crippen LogP contribution >= 0.6 is 23.1 Å². The van der Waals surface area contributed by atoms with Gasteiger partial charge in [-0.05, 0) is 30.3 Å². The Morgan fingerprint density at radius 1 is 1.23 bits per heavy atom. The van der Waals surface area contributed by atoms with E-state index in [4.69, 9.17) is 16.3 Å². The maximum Gasteiger partial charge on any atom is 0.332 e.